The highest BCUT2D eigenvalue weighted by atomic mass is 19.4. The first-order chi connectivity index (χ1) is 8.88. The average molecular weight is 277 g/mol. The molecular weight excluding hydrogens is 262 g/mol. The van der Waals surface area contributed by atoms with E-state index in [0.717, 1.165) is 18.6 Å². The van der Waals surface area contributed by atoms with Crippen LogP contribution in [0.5, 0.6) is 0 Å². The predicted molar refractivity (Wildman–Crippen MR) is 61.9 cm³/mol. The molecular formula is C13H15F4NO. The number of rotatable bonds is 3. The van der Waals surface area contributed by atoms with Crippen molar-refractivity contribution in [1.82, 2.24) is 4.90 Å². The molecule has 6 heteroatoms. The number of aliphatic hydroxyl groups is 1. The van der Waals surface area contributed by atoms with Crippen molar-refractivity contribution in [3.05, 3.63) is 35.1 Å². The zero-order valence-electron chi connectivity index (χ0n) is 10.3. The fourth-order valence-electron chi connectivity index (χ4n) is 2.37. The quantitative estimate of drug-likeness (QED) is 0.859. The number of alkyl halides is 3. The summed E-state index contributed by atoms with van der Waals surface area (Å²) in [5.41, 5.74) is -0.647. The number of hydrogen-bond acceptors (Lipinski definition) is 2. The lowest BCUT2D eigenvalue weighted by molar-refractivity contribution is -0.137. The van der Waals surface area contributed by atoms with E-state index in [-0.39, 0.29) is 19.1 Å². The van der Waals surface area contributed by atoms with E-state index < -0.39 is 17.6 Å². The van der Waals surface area contributed by atoms with Crippen LogP contribution in [0, 0.1) is 11.7 Å². The molecule has 1 saturated heterocycles. The third-order valence-electron chi connectivity index (χ3n) is 3.32. The summed E-state index contributed by atoms with van der Waals surface area (Å²) in [4.78, 5) is 1.93. The maximum absolute atomic E-state index is 13.2. The molecule has 1 heterocycles. The van der Waals surface area contributed by atoms with Crippen molar-refractivity contribution in [1.29, 1.82) is 0 Å². The van der Waals surface area contributed by atoms with Gasteiger partial charge in [0.1, 0.15) is 5.82 Å². The monoisotopic (exact) mass is 277 g/mol. The fourth-order valence-corrected chi connectivity index (χ4v) is 2.37. The molecule has 1 aliphatic rings. The van der Waals surface area contributed by atoms with Gasteiger partial charge in [0.05, 0.1) is 5.56 Å². The van der Waals surface area contributed by atoms with Crippen LogP contribution >= 0.6 is 0 Å². The Morgan fingerprint density at radius 1 is 1.26 bits per heavy atom. The highest BCUT2D eigenvalue weighted by molar-refractivity contribution is 5.26. The van der Waals surface area contributed by atoms with Crippen molar-refractivity contribution in [3.63, 3.8) is 0 Å². The molecule has 0 amide bonds. The second-order valence-electron chi connectivity index (χ2n) is 4.92. The largest absolute Gasteiger partial charge is 0.416 e. The van der Waals surface area contributed by atoms with E-state index in [0.29, 0.717) is 24.7 Å². The molecule has 2 nitrogen and oxygen atoms in total. The van der Waals surface area contributed by atoms with E-state index in [1.54, 1.807) is 0 Å². The van der Waals surface area contributed by atoms with E-state index in [1.165, 1.54) is 0 Å². The van der Waals surface area contributed by atoms with Crippen molar-refractivity contribution in [2.24, 2.45) is 5.92 Å². The first kappa shape index (κ1) is 14.3. The van der Waals surface area contributed by atoms with E-state index in [4.69, 9.17) is 5.11 Å². The molecule has 0 aromatic heterocycles. The minimum absolute atomic E-state index is 0.0768. The smallest absolute Gasteiger partial charge is 0.396 e. The van der Waals surface area contributed by atoms with E-state index in [9.17, 15) is 17.6 Å². The molecule has 0 bridgehead atoms. The number of nitrogens with zero attached hydrogens (tertiary/aromatic N) is 1. The molecule has 0 aliphatic carbocycles. The Balaban J connectivity index is 2.11. The van der Waals surface area contributed by atoms with Gasteiger partial charge in [-0.3, -0.25) is 4.90 Å². The Morgan fingerprint density at radius 2 is 2.00 bits per heavy atom. The number of likely N-dealkylation sites (tertiary alicyclic amines) is 1. The number of benzene rings is 1. The maximum Gasteiger partial charge on any atom is 0.416 e. The SMILES string of the molecule is OCC1CCN(Cc2cc(F)cc(C(F)(F)F)c2)C1. The summed E-state index contributed by atoms with van der Waals surface area (Å²) >= 11 is 0. The third kappa shape index (κ3) is 3.67. The highest BCUT2D eigenvalue weighted by Gasteiger charge is 2.31. The van der Waals surface area contributed by atoms with Gasteiger partial charge in [0, 0.05) is 19.7 Å². The van der Waals surface area contributed by atoms with Crippen LogP contribution in [0.3, 0.4) is 0 Å². The first-order valence-electron chi connectivity index (χ1n) is 6.08. The van der Waals surface area contributed by atoms with Crippen LogP contribution < -0.4 is 0 Å². The lowest BCUT2D eigenvalue weighted by Crippen LogP contribution is -2.21. The number of aliphatic hydroxyl groups excluding tert-OH is 1. The minimum Gasteiger partial charge on any atom is -0.396 e. The van der Waals surface area contributed by atoms with Crippen LogP contribution in [-0.4, -0.2) is 29.7 Å². The summed E-state index contributed by atoms with van der Waals surface area (Å²) in [6, 6.07) is 2.61. The zero-order valence-corrected chi connectivity index (χ0v) is 10.3. The van der Waals surface area contributed by atoms with E-state index >= 15 is 0 Å². The Hall–Kier alpha value is -1.14. The lowest BCUT2D eigenvalue weighted by atomic mass is 10.1. The Morgan fingerprint density at radius 3 is 2.58 bits per heavy atom. The Kier molecular flexibility index (Phi) is 4.10. The zero-order chi connectivity index (χ0) is 14.0. The molecule has 19 heavy (non-hydrogen) atoms. The summed E-state index contributed by atoms with van der Waals surface area (Å²) in [6.07, 6.45) is -3.71. The van der Waals surface area contributed by atoms with Crippen LogP contribution in [0.15, 0.2) is 18.2 Å². The van der Waals surface area contributed by atoms with E-state index in [2.05, 4.69) is 0 Å². The molecule has 0 saturated carbocycles. The van der Waals surface area contributed by atoms with Gasteiger partial charge in [0.2, 0.25) is 0 Å². The summed E-state index contributed by atoms with van der Waals surface area (Å²) in [5, 5.41) is 9.01. The van der Waals surface area contributed by atoms with E-state index in [1.807, 2.05) is 4.90 Å². The highest BCUT2D eigenvalue weighted by Crippen LogP contribution is 2.31. The van der Waals surface area contributed by atoms with Crippen LogP contribution in [0.4, 0.5) is 17.6 Å². The average Bonchev–Trinajstić information content (AvgIpc) is 2.75. The summed E-state index contributed by atoms with van der Waals surface area (Å²) < 4.78 is 50.9. The van der Waals surface area contributed by atoms with Crippen molar-refractivity contribution < 1.29 is 22.7 Å². The van der Waals surface area contributed by atoms with Crippen molar-refractivity contribution in [2.45, 2.75) is 19.1 Å². The molecule has 0 radical (unpaired) electrons. The second kappa shape index (κ2) is 5.46. The first-order valence-corrected chi connectivity index (χ1v) is 6.08. The minimum atomic E-state index is -4.53. The molecule has 1 unspecified atom stereocenters. The predicted octanol–water partition coefficient (Wildman–Crippen LogP) is 2.66. The molecule has 0 spiro atoms. The van der Waals surface area contributed by atoms with Gasteiger partial charge < -0.3 is 5.11 Å². The number of hydrogen-bond donors (Lipinski definition) is 1. The van der Waals surface area contributed by atoms with Crippen molar-refractivity contribution in [2.75, 3.05) is 19.7 Å². The Labute approximate surface area is 108 Å². The molecule has 1 N–H and O–H groups in total. The van der Waals surface area contributed by atoms with Gasteiger partial charge in [-0.1, -0.05) is 0 Å². The van der Waals surface area contributed by atoms with Crippen LogP contribution in [0.2, 0.25) is 0 Å². The lowest BCUT2D eigenvalue weighted by Gasteiger charge is -2.17. The van der Waals surface area contributed by atoms with Crippen molar-refractivity contribution in [3.8, 4) is 0 Å². The molecule has 1 aromatic rings. The molecule has 1 atom stereocenters. The standard InChI is InChI=1S/C13H15F4NO/c14-12-4-10(3-11(5-12)13(15,16)17)7-18-2-1-9(6-18)8-19/h3-5,9,19H,1-2,6-8H2. The normalized spacial score (nSPS) is 21.0. The van der Waals surface area contributed by atoms with Crippen LogP contribution in [-0.2, 0) is 12.7 Å². The van der Waals surface area contributed by atoms with Gasteiger partial charge in [-0.05, 0) is 42.6 Å². The number of halogens is 4. The van der Waals surface area contributed by atoms with Gasteiger partial charge in [0.25, 0.3) is 0 Å². The van der Waals surface area contributed by atoms with Gasteiger partial charge in [0.15, 0.2) is 0 Å². The summed E-state index contributed by atoms with van der Waals surface area (Å²) in [6.45, 7) is 1.70. The Bertz CT molecular complexity index is 447. The summed E-state index contributed by atoms with van der Waals surface area (Å²) in [7, 11) is 0. The van der Waals surface area contributed by atoms with Gasteiger partial charge in [-0.25, -0.2) is 4.39 Å². The van der Waals surface area contributed by atoms with Crippen LogP contribution in [0.25, 0.3) is 0 Å². The maximum atomic E-state index is 13.2. The van der Waals surface area contributed by atoms with Gasteiger partial charge in [-0.15, -0.1) is 0 Å². The van der Waals surface area contributed by atoms with Crippen molar-refractivity contribution >= 4 is 0 Å². The fraction of sp³-hybridized carbons (Fsp3) is 0.538. The topological polar surface area (TPSA) is 23.5 Å². The molecule has 106 valence electrons. The van der Waals surface area contributed by atoms with Gasteiger partial charge >= 0.3 is 6.18 Å². The third-order valence-corrected chi connectivity index (χ3v) is 3.32. The van der Waals surface area contributed by atoms with Gasteiger partial charge in [-0.2, -0.15) is 13.2 Å². The summed E-state index contributed by atoms with van der Waals surface area (Å²) in [5.74, 6) is -0.710. The molecule has 1 aliphatic heterocycles. The molecule has 2 rings (SSSR count). The molecule has 1 fully saturated rings. The second-order valence-corrected chi connectivity index (χ2v) is 4.92. The van der Waals surface area contributed by atoms with Crippen LogP contribution in [0.1, 0.15) is 17.5 Å². The molecule has 1 aromatic carbocycles.